The van der Waals surface area contributed by atoms with Gasteiger partial charge in [-0.1, -0.05) is 158 Å². The van der Waals surface area contributed by atoms with Gasteiger partial charge in [0.1, 0.15) is 0 Å². The minimum absolute atomic E-state index is 0.472. The largest absolute Gasteiger partial charge is 0.309 e. The smallest absolute Gasteiger partial charge is 0.164 e. The third kappa shape index (κ3) is 7.42. The summed E-state index contributed by atoms with van der Waals surface area (Å²) in [7, 11) is 0. The van der Waals surface area contributed by atoms with Crippen molar-refractivity contribution >= 4 is 43.6 Å². The number of benzene rings is 10. The first-order valence-electron chi connectivity index (χ1n) is 24.2. The maximum atomic E-state index is 10.0. The van der Waals surface area contributed by atoms with Crippen molar-refractivity contribution in [2.45, 2.75) is 0 Å². The fourth-order valence-electron chi connectivity index (χ4n) is 10.4. The number of hydrogen-bond donors (Lipinski definition) is 0. The number of aromatic nitrogens is 5. The van der Waals surface area contributed by atoms with E-state index in [1.807, 2.05) is 91.0 Å². The van der Waals surface area contributed by atoms with E-state index in [2.05, 4.69) is 161 Å². The Bertz CT molecular complexity index is 4190. The van der Waals surface area contributed by atoms with Gasteiger partial charge in [-0.15, -0.1) is 0 Å². The highest BCUT2D eigenvalue weighted by atomic mass is 15.0. The summed E-state index contributed by atoms with van der Waals surface area (Å²) in [5.74, 6) is 1.43. The van der Waals surface area contributed by atoms with Crippen LogP contribution in [0.4, 0.5) is 0 Å². The van der Waals surface area contributed by atoms with Crippen LogP contribution >= 0.6 is 0 Å². The number of fused-ring (bicyclic) bond motifs is 6. The molecule has 0 saturated heterocycles. The third-order valence-corrected chi connectivity index (χ3v) is 13.9. The zero-order chi connectivity index (χ0) is 49.7. The van der Waals surface area contributed by atoms with Crippen molar-refractivity contribution in [1.29, 1.82) is 15.8 Å². The van der Waals surface area contributed by atoms with Gasteiger partial charge in [0.25, 0.3) is 0 Å². The van der Waals surface area contributed by atoms with E-state index >= 15 is 0 Å². The van der Waals surface area contributed by atoms with E-state index in [1.165, 1.54) is 0 Å². The van der Waals surface area contributed by atoms with Crippen LogP contribution in [0.15, 0.2) is 231 Å². The Balaban J connectivity index is 1.06. The second-order valence-corrected chi connectivity index (χ2v) is 18.2. The van der Waals surface area contributed by atoms with Gasteiger partial charge in [-0.2, -0.15) is 15.8 Å². The second kappa shape index (κ2) is 17.9. The van der Waals surface area contributed by atoms with Crippen LogP contribution in [0.2, 0.25) is 0 Å². The lowest BCUT2D eigenvalue weighted by Crippen LogP contribution is -2.03. The normalized spacial score (nSPS) is 11.2. The predicted octanol–water partition coefficient (Wildman–Crippen LogP) is 15.7. The Morgan fingerprint density at radius 1 is 0.270 bits per heavy atom. The van der Waals surface area contributed by atoms with Crippen molar-refractivity contribution in [2.24, 2.45) is 0 Å². The van der Waals surface area contributed by atoms with Crippen LogP contribution in [0.3, 0.4) is 0 Å². The minimum Gasteiger partial charge on any atom is -0.309 e. The van der Waals surface area contributed by atoms with Crippen LogP contribution in [0.5, 0.6) is 0 Å². The monoisotopic (exact) mass is 942 g/mol. The molecule has 10 aromatic carbocycles. The van der Waals surface area contributed by atoms with Gasteiger partial charge in [-0.25, -0.2) is 15.0 Å². The molecule has 3 aromatic heterocycles. The topological polar surface area (TPSA) is 120 Å². The van der Waals surface area contributed by atoms with Crippen molar-refractivity contribution < 1.29 is 0 Å². The van der Waals surface area contributed by atoms with Gasteiger partial charge >= 0.3 is 0 Å². The second-order valence-electron chi connectivity index (χ2n) is 18.2. The molecule has 8 nitrogen and oxygen atoms in total. The van der Waals surface area contributed by atoms with E-state index < -0.39 is 0 Å². The van der Waals surface area contributed by atoms with Gasteiger partial charge in [0.05, 0.1) is 68.3 Å². The number of para-hydroxylation sites is 4. The highest BCUT2D eigenvalue weighted by Crippen LogP contribution is 2.41. The summed E-state index contributed by atoms with van der Waals surface area (Å²) >= 11 is 0. The van der Waals surface area contributed by atoms with E-state index in [0.717, 1.165) is 105 Å². The van der Waals surface area contributed by atoms with Crippen LogP contribution in [0.25, 0.3) is 123 Å². The molecule has 0 N–H and O–H groups in total. The van der Waals surface area contributed by atoms with Gasteiger partial charge in [0.15, 0.2) is 17.5 Å². The first-order valence-corrected chi connectivity index (χ1v) is 24.2. The fraction of sp³-hybridized carbons (Fsp3) is 0. The van der Waals surface area contributed by atoms with Crippen LogP contribution in [-0.2, 0) is 0 Å². The molecule has 0 unspecified atom stereocenters. The molecule has 0 radical (unpaired) electrons. The van der Waals surface area contributed by atoms with E-state index in [4.69, 9.17) is 15.0 Å². The van der Waals surface area contributed by atoms with Crippen molar-refractivity contribution in [2.75, 3.05) is 0 Å². The van der Waals surface area contributed by atoms with Crippen molar-refractivity contribution in [3.8, 4) is 97.1 Å². The number of hydrogen-bond acceptors (Lipinski definition) is 6. The SMILES string of the molecule is N#Cc1cccc(-c2ccc(-c3nc(-c4ccc(-c5cccc(C#N)c5)c(-n5c6ccccc6c6ccccc65)c4)nc(-c4ccc(-c5cccc(C#N)c5)c(-n5c6ccccc6c6ccccc65)c4)n3)cc2)c1. The van der Waals surface area contributed by atoms with E-state index in [0.29, 0.717) is 34.2 Å². The molecule has 0 aliphatic rings. The van der Waals surface area contributed by atoms with Gasteiger partial charge in [-0.3, -0.25) is 0 Å². The molecule has 0 saturated carbocycles. The predicted molar refractivity (Wildman–Crippen MR) is 295 cm³/mol. The summed E-state index contributed by atoms with van der Waals surface area (Å²) in [5, 5.41) is 34.2. The Morgan fingerprint density at radius 2 is 0.595 bits per heavy atom. The lowest BCUT2D eigenvalue weighted by Gasteiger charge is -2.17. The first kappa shape index (κ1) is 43.3. The molecule has 0 fully saturated rings. The van der Waals surface area contributed by atoms with Crippen LogP contribution < -0.4 is 0 Å². The van der Waals surface area contributed by atoms with E-state index in [-0.39, 0.29) is 0 Å². The molecule has 0 bridgehead atoms. The standard InChI is InChI=1S/C66H38N8/c67-39-42-12-9-15-47(34-42)45-26-28-46(29-27-45)64-70-65(50-30-32-52(48-16-10-13-43(35-48)40-68)62(37-50)73-58-22-5-1-18-54(58)55-19-2-6-23-59(55)73)72-66(71-64)51-31-33-53(49-17-11-14-44(36-49)41-69)63(38-51)74-60-24-7-3-20-56(60)57-21-4-8-25-61(57)74/h1-38H. The molecule has 0 aliphatic carbocycles. The molecule has 13 aromatic rings. The maximum absolute atomic E-state index is 10.0. The van der Waals surface area contributed by atoms with Gasteiger partial charge in [0, 0.05) is 49.4 Å². The average molecular weight is 943 g/mol. The first-order chi connectivity index (χ1) is 36.5. The minimum atomic E-state index is 0.472. The van der Waals surface area contributed by atoms with E-state index in [1.54, 1.807) is 6.07 Å². The van der Waals surface area contributed by atoms with Crippen molar-refractivity contribution in [1.82, 2.24) is 24.1 Å². The summed E-state index contributed by atoms with van der Waals surface area (Å²) in [5.41, 5.74) is 15.6. The molecule has 74 heavy (non-hydrogen) atoms. The quantitative estimate of drug-likeness (QED) is 0.150. The molecule has 8 heteroatoms. The summed E-state index contributed by atoms with van der Waals surface area (Å²) in [6.07, 6.45) is 0. The summed E-state index contributed by atoms with van der Waals surface area (Å²) in [6.45, 7) is 0. The number of rotatable bonds is 8. The van der Waals surface area contributed by atoms with Crippen LogP contribution in [0, 0.1) is 34.0 Å². The number of nitrogens with zero attached hydrogens (tertiary/aromatic N) is 8. The summed E-state index contributed by atoms with van der Waals surface area (Å²) in [6, 6.07) is 84.4. The highest BCUT2D eigenvalue weighted by Gasteiger charge is 2.22. The molecular formula is C66H38N8. The molecule has 0 atom stereocenters. The van der Waals surface area contributed by atoms with Crippen LogP contribution in [-0.4, -0.2) is 24.1 Å². The van der Waals surface area contributed by atoms with Gasteiger partial charge < -0.3 is 9.13 Å². The summed E-state index contributed by atoms with van der Waals surface area (Å²) in [4.78, 5) is 16.0. The maximum Gasteiger partial charge on any atom is 0.164 e. The Labute approximate surface area is 425 Å². The Hall–Kier alpha value is -10.7. The highest BCUT2D eigenvalue weighted by molar-refractivity contribution is 6.11. The molecule has 0 aliphatic heterocycles. The van der Waals surface area contributed by atoms with Crippen molar-refractivity contribution in [3.63, 3.8) is 0 Å². The van der Waals surface area contributed by atoms with Gasteiger partial charge in [-0.05, 0) is 95.1 Å². The molecule has 3 heterocycles. The lowest BCUT2D eigenvalue weighted by molar-refractivity contribution is 1.07. The lowest BCUT2D eigenvalue weighted by atomic mass is 9.98. The Kier molecular flexibility index (Phi) is 10.5. The zero-order valence-corrected chi connectivity index (χ0v) is 39.5. The van der Waals surface area contributed by atoms with Gasteiger partial charge in [0.2, 0.25) is 0 Å². The van der Waals surface area contributed by atoms with Crippen molar-refractivity contribution in [3.05, 3.63) is 247 Å². The molecule has 342 valence electrons. The average Bonchev–Trinajstić information content (AvgIpc) is 4.00. The zero-order valence-electron chi connectivity index (χ0n) is 39.5. The number of nitriles is 3. The summed E-state index contributed by atoms with van der Waals surface area (Å²) < 4.78 is 4.59. The van der Waals surface area contributed by atoms with E-state index in [9.17, 15) is 15.8 Å². The molecule has 0 spiro atoms. The fourth-order valence-corrected chi connectivity index (χ4v) is 10.4. The Morgan fingerprint density at radius 3 is 0.986 bits per heavy atom. The van der Waals surface area contributed by atoms with Crippen LogP contribution in [0.1, 0.15) is 16.7 Å². The molecule has 13 rings (SSSR count). The molecule has 0 amide bonds. The third-order valence-electron chi connectivity index (χ3n) is 13.9. The molecular weight excluding hydrogens is 905 g/mol.